The molecule has 0 aliphatic heterocycles. The van der Waals surface area contributed by atoms with Crippen LogP contribution < -0.4 is 5.32 Å². The fourth-order valence-electron chi connectivity index (χ4n) is 2.24. The second-order valence-corrected chi connectivity index (χ2v) is 5.56. The zero-order chi connectivity index (χ0) is 15.2. The molecule has 1 N–H and O–H groups in total. The van der Waals surface area contributed by atoms with E-state index >= 15 is 0 Å². The molecule has 0 saturated carbocycles. The second-order valence-electron chi connectivity index (χ2n) is 5.16. The highest BCUT2D eigenvalue weighted by Crippen LogP contribution is 2.24. The highest BCUT2D eigenvalue weighted by molar-refractivity contribution is 6.30. The Morgan fingerprint density at radius 2 is 2.10 bits per heavy atom. The Balaban J connectivity index is 2.23. The molecule has 0 spiro atoms. The minimum absolute atomic E-state index is 0.0333. The Bertz CT molecular complexity index is 584. The number of rotatable bonds is 6. The summed E-state index contributed by atoms with van der Waals surface area (Å²) in [4.78, 5) is 4.33. The molecule has 1 unspecified atom stereocenters. The van der Waals surface area contributed by atoms with Crippen molar-refractivity contribution in [2.24, 2.45) is 0 Å². The van der Waals surface area contributed by atoms with Crippen LogP contribution in [0.4, 0.5) is 4.39 Å². The summed E-state index contributed by atoms with van der Waals surface area (Å²) in [5.74, 6) is -0.331. The molecular formula is C17H20ClFN2. The summed E-state index contributed by atoms with van der Waals surface area (Å²) >= 11 is 5.86. The van der Waals surface area contributed by atoms with E-state index < -0.39 is 0 Å². The number of halogens is 2. The zero-order valence-corrected chi connectivity index (χ0v) is 13.1. The van der Waals surface area contributed by atoms with E-state index in [1.807, 2.05) is 25.3 Å². The molecular weight excluding hydrogens is 287 g/mol. The lowest BCUT2D eigenvalue weighted by atomic mass is 9.99. The van der Waals surface area contributed by atoms with Crippen molar-refractivity contribution in [3.05, 3.63) is 64.2 Å². The maximum absolute atomic E-state index is 14.1. The molecule has 0 aliphatic carbocycles. The van der Waals surface area contributed by atoms with Crippen molar-refractivity contribution in [3.63, 3.8) is 0 Å². The summed E-state index contributed by atoms with van der Waals surface area (Å²) in [7, 11) is 0. The molecule has 0 radical (unpaired) electrons. The molecule has 21 heavy (non-hydrogen) atoms. The third kappa shape index (κ3) is 4.26. The van der Waals surface area contributed by atoms with Crippen LogP contribution in [0.15, 0.2) is 36.5 Å². The molecule has 0 aliphatic rings. The first-order chi connectivity index (χ1) is 10.1. The van der Waals surface area contributed by atoms with Crippen LogP contribution in [0.1, 0.15) is 36.2 Å². The quantitative estimate of drug-likeness (QED) is 0.852. The first-order valence-electron chi connectivity index (χ1n) is 7.20. The predicted octanol–water partition coefficient (Wildman–Crippen LogP) is 4.47. The minimum Gasteiger partial charge on any atom is -0.310 e. The Morgan fingerprint density at radius 1 is 1.29 bits per heavy atom. The van der Waals surface area contributed by atoms with Gasteiger partial charge in [0.15, 0.2) is 0 Å². The summed E-state index contributed by atoms with van der Waals surface area (Å²) < 4.78 is 14.1. The molecule has 2 aromatic rings. The lowest BCUT2D eigenvalue weighted by Gasteiger charge is -2.19. The van der Waals surface area contributed by atoms with Crippen LogP contribution in [-0.2, 0) is 6.42 Å². The fraction of sp³-hybridized carbons (Fsp3) is 0.353. The molecule has 0 amide bonds. The van der Waals surface area contributed by atoms with Crippen molar-refractivity contribution in [1.29, 1.82) is 0 Å². The Hall–Kier alpha value is -1.45. The van der Waals surface area contributed by atoms with Crippen molar-refractivity contribution in [1.82, 2.24) is 10.3 Å². The van der Waals surface area contributed by atoms with E-state index in [0.29, 0.717) is 12.0 Å². The molecule has 1 aromatic heterocycles. The second kappa shape index (κ2) is 7.53. The maximum Gasteiger partial charge on any atom is 0.145 e. The third-order valence-electron chi connectivity index (χ3n) is 3.43. The van der Waals surface area contributed by atoms with Gasteiger partial charge in [0.05, 0.1) is 5.02 Å². The van der Waals surface area contributed by atoms with Crippen LogP contribution >= 0.6 is 11.6 Å². The van der Waals surface area contributed by atoms with Gasteiger partial charge in [-0.2, -0.15) is 0 Å². The van der Waals surface area contributed by atoms with E-state index in [-0.39, 0.29) is 16.9 Å². The maximum atomic E-state index is 14.1. The monoisotopic (exact) mass is 306 g/mol. The predicted molar refractivity (Wildman–Crippen MR) is 85.1 cm³/mol. The number of hydrogen-bond acceptors (Lipinski definition) is 2. The summed E-state index contributed by atoms with van der Waals surface area (Å²) in [6, 6.07) is 9.19. The van der Waals surface area contributed by atoms with E-state index in [0.717, 1.165) is 24.2 Å². The zero-order valence-electron chi connectivity index (χ0n) is 12.4. The number of aromatic nitrogens is 1. The highest BCUT2D eigenvalue weighted by atomic mass is 35.5. The highest BCUT2D eigenvalue weighted by Gasteiger charge is 2.15. The van der Waals surface area contributed by atoms with Crippen LogP contribution in [0.2, 0.25) is 5.02 Å². The van der Waals surface area contributed by atoms with Gasteiger partial charge in [-0.05, 0) is 49.6 Å². The molecule has 1 heterocycles. The van der Waals surface area contributed by atoms with Gasteiger partial charge in [-0.15, -0.1) is 0 Å². The van der Waals surface area contributed by atoms with Gasteiger partial charge in [0.25, 0.3) is 0 Å². The summed E-state index contributed by atoms with van der Waals surface area (Å²) in [6.07, 6.45) is 3.43. The van der Waals surface area contributed by atoms with E-state index in [4.69, 9.17) is 11.6 Å². The van der Waals surface area contributed by atoms with Gasteiger partial charge in [0, 0.05) is 17.9 Å². The fourth-order valence-corrected chi connectivity index (χ4v) is 2.43. The number of nitrogens with zero attached hydrogens (tertiary/aromatic N) is 1. The number of benzene rings is 1. The number of aryl methyl sites for hydroxylation is 1. The van der Waals surface area contributed by atoms with Crippen LogP contribution in [0, 0.1) is 12.7 Å². The molecule has 4 heteroatoms. The van der Waals surface area contributed by atoms with Crippen molar-refractivity contribution in [2.75, 3.05) is 6.54 Å². The molecule has 0 bridgehead atoms. The largest absolute Gasteiger partial charge is 0.310 e. The summed E-state index contributed by atoms with van der Waals surface area (Å²) in [6.45, 7) is 4.94. The van der Waals surface area contributed by atoms with Crippen molar-refractivity contribution in [3.8, 4) is 0 Å². The van der Waals surface area contributed by atoms with Crippen LogP contribution in [-0.4, -0.2) is 11.5 Å². The molecule has 2 rings (SSSR count). The minimum atomic E-state index is -0.331. The lowest BCUT2D eigenvalue weighted by molar-refractivity contribution is 0.512. The van der Waals surface area contributed by atoms with E-state index in [9.17, 15) is 4.39 Å². The Morgan fingerprint density at radius 3 is 2.76 bits per heavy atom. The van der Waals surface area contributed by atoms with E-state index in [1.54, 1.807) is 18.2 Å². The normalized spacial score (nSPS) is 12.4. The van der Waals surface area contributed by atoms with Gasteiger partial charge in [-0.1, -0.05) is 36.7 Å². The molecule has 1 atom stereocenters. The number of nitrogens with one attached hydrogen (secondary N) is 1. The van der Waals surface area contributed by atoms with Crippen molar-refractivity contribution < 1.29 is 4.39 Å². The molecule has 2 nitrogen and oxygen atoms in total. The van der Waals surface area contributed by atoms with Crippen molar-refractivity contribution >= 4 is 11.6 Å². The molecule has 0 saturated heterocycles. The van der Waals surface area contributed by atoms with Gasteiger partial charge >= 0.3 is 0 Å². The van der Waals surface area contributed by atoms with Gasteiger partial charge in [0.2, 0.25) is 0 Å². The number of pyridine rings is 1. The molecule has 0 fully saturated rings. The van der Waals surface area contributed by atoms with Crippen LogP contribution in [0.3, 0.4) is 0 Å². The van der Waals surface area contributed by atoms with Gasteiger partial charge in [0.1, 0.15) is 5.82 Å². The topological polar surface area (TPSA) is 24.9 Å². The van der Waals surface area contributed by atoms with E-state index in [1.165, 1.54) is 0 Å². The molecule has 112 valence electrons. The first kappa shape index (κ1) is 15.9. The van der Waals surface area contributed by atoms with Gasteiger partial charge in [-0.3, -0.25) is 4.98 Å². The van der Waals surface area contributed by atoms with Crippen molar-refractivity contribution in [2.45, 2.75) is 32.7 Å². The number of hydrogen-bond donors (Lipinski definition) is 1. The summed E-state index contributed by atoms with van der Waals surface area (Å²) in [5.41, 5.74) is 2.66. The third-order valence-corrected chi connectivity index (χ3v) is 3.72. The van der Waals surface area contributed by atoms with E-state index in [2.05, 4.69) is 17.2 Å². The Labute approximate surface area is 130 Å². The Kier molecular flexibility index (Phi) is 5.71. The average molecular weight is 307 g/mol. The molecule has 1 aromatic carbocycles. The first-order valence-corrected chi connectivity index (χ1v) is 7.58. The lowest BCUT2D eigenvalue weighted by Crippen LogP contribution is -2.24. The van der Waals surface area contributed by atoms with Gasteiger partial charge < -0.3 is 5.32 Å². The standard InChI is InChI=1S/C17H20ClFN2/c1-3-9-20-16(14-8-7-12(2)21-11-14)10-13-5-4-6-15(18)17(13)19/h4-8,11,16,20H,3,9-10H2,1-2H3. The SMILES string of the molecule is CCCNC(Cc1cccc(Cl)c1F)c1ccc(C)nc1. The summed E-state index contributed by atoms with van der Waals surface area (Å²) in [5, 5.41) is 3.62. The smallest absolute Gasteiger partial charge is 0.145 e. The van der Waals surface area contributed by atoms with Crippen LogP contribution in [0.25, 0.3) is 0 Å². The average Bonchev–Trinajstić information content (AvgIpc) is 2.49. The van der Waals surface area contributed by atoms with Crippen LogP contribution in [0.5, 0.6) is 0 Å². The van der Waals surface area contributed by atoms with Gasteiger partial charge in [-0.25, -0.2) is 4.39 Å².